The number of halogens is 3. The molecule has 0 radical (unpaired) electrons. The fourth-order valence-corrected chi connectivity index (χ4v) is 3.08. The van der Waals surface area contributed by atoms with E-state index in [0.29, 0.717) is 13.1 Å². The lowest BCUT2D eigenvalue weighted by atomic mass is 10.1. The van der Waals surface area contributed by atoms with Crippen LogP contribution >= 0.6 is 22.3 Å². The van der Waals surface area contributed by atoms with Crippen molar-refractivity contribution in [3.05, 3.63) is 28.5 Å². The minimum absolute atomic E-state index is 0.0698. The quantitative estimate of drug-likeness (QED) is 0.759. The molecule has 0 saturated carbocycles. The summed E-state index contributed by atoms with van der Waals surface area (Å²) in [5.41, 5.74) is -0.399. The number of carbonyl (C=O) groups is 1. The highest BCUT2D eigenvalue weighted by Gasteiger charge is 2.26. The molecule has 8 heteroatoms. The van der Waals surface area contributed by atoms with Crippen LogP contribution in [-0.2, 0) is 9.05 Å². The molecule has 0 aromatic heterocycles. The summed E-state index contributed by atoms with van der Waals surface area (Å²) >= 11 is 5.77. The lowest BCUT2D eigenvalue weighted by molar-refractivity contribution is 0.0740. The van der Waals surface area contributed by atoms with Gasteiger partial charge in [0, 0.05) is 28.8 Å². The predicted octanol–water partition coefficient (Wildman–Crippen LogP) is 3.52. The smallest absolute Gasteiger partial charge is 0.264 e. The third-order valence-corrected chi connectivity index (χ3v) is 4.29. The molecule has 0 aliphatic heterocycles. The Morgan fingerprint density at radius 3 is 2.38 bits per heavy atom. The van der Waals surface area contributed by atoms with Gasteiger partial charge in [-0.3, -0.25) is 4.79 Å². The summed E-state index contributed by atoms with van der Waals surface area (Å²) in [7, 11) is 0.833. The van der Waals surface area contributed by atoms with E-state index in [9.17, 15) is 17.6 Å². The summed E-state index contributed by atoms with van der Waals surface area (Å²) < 4.78 is 36.9. The van der Waals surface area contributed by atoms with Crippen LogP contribution in [0.5, 0.6) is 0 Å². The third kappa shape index (κ3) is 4.56. The number of carbonyl (C=O) groups excluding carboxylic acids is 1. The summed E-state index contributed by atoms with van der Waals surface area (Å²) in [5.74, 6) is -1.61. The third-order valence-electron chi connectivity index (χ3n) is 2.75. The monoisotopic (exact) mass is 355 g/mol. The molecule has 0 spiro atoms. The van der Waals surface area contributed by atoms with Crippen molar-refractivity contribution in [3.63, 3.8) is 0 Å². The summed E-state index contributed by atoms with van der Waals surface area (Å²) in [6, 6.07) is 1.99. The minimum Gasteiger partial charge on any atom is -0.339 e. The Kier molecular flexibility index (Phi) is 6.01. The van der Waals surface area contributed by atoms with Gasteiger partial charge in [0.2, 0.25) is 0 Å². The maximum absolute atomic E-state index is 14.3. The molecular formula is C13H16Cl2FNO3S. The second-order valence-corrected chi connectivity index (χ2v) is 7.91. The topological polar surface area (TPSA) is 54.5 Å². The second-order valence-electron chi connectivity index (χ2n) is 4.94. The number of hydrogen-bond donors (Lipinski definition) is 0. The molecule has 1 rings (SSSR count). The van der Waals surface area contributed by atoms with Crippen LogP contribution in [0.25, 0.3) is 0 Å². The van der Waals surface area contributed by atoms with Crippen molar-refractivity contribution >= 4 is 37.2 Å². The van der Waals surface area contributed by atoms with Gasteiger partial charge >= 0.3 is 0 Å². The van der Waals surface area contributed by atoms with Crippen molar-refractivity contribution in [1.82, 2.24) is 4.90 Å². The van der Waals surface area contributed by atoms with Gasteiger partial charge in [0.15, 0.2) is 5.82 Å². The molecule has 0 bridgehead atoms. The van der Waals surface area contributed by atoms with E-state index in [4.69, 9.17) is 22.3 Å². The van der Waals surface area contributed by atoms with Gasteiger partial charge in [-0.1, -0.05) is 25.4 Å². The van der Waals surface area contributed by atoms with Crippen LogP contribution in [0.4, 0.5) is 4.39 Å². The van der Waals surface area contributed by atoms with Gasteiger partial charge in [-0.05, 0) is 25.0 Å². The van der Waals surface area contributed by atoms with Gasteiger partial charge in [-0.25, -0.2) is 12.8 Å². The van der Waals surface area contributed by atoms with Crippen LogP contribution in [-0.4, -0.2) is 32.3 Å². The number of nitrogens with zero attached hydrogens (tertiary/aromatic N) is 1. The number of amides is 1. The molecule has 0 N–H and O–H groups in total. The van der Waals surface area contributed by atoms with Crippen LogP contribution in [0.3, 0.4) is 0 Å². The van der Waals surface area contributed by atoms with E-state index in [1.165, 1.54) is 4.90 Å². The maximum Gasteiger partial charge on any atom is 0.264 e. The Balaban J connectivity index is 3.36. The first kappa shape index (κ1) is 18.2. The van der Waals surface area contributed by atoms with Gasteiger partial charge in [0.25, 0.3) is 15.0 Å². The average Bonchev–Trinajstić information content (AvgIpc) is 2.36. The SMILES string of the molecule is CCN(CC(C)C)C(=O)c1cc(Cl)cc(S(=O)(=O)Cl)c1F. The molecule has 1 amide bonds. The lowest BCUT2D eigenvalue weighted by Gasteiger charge is -2.23. The van der Waals surface area contributed by atoms with Crippen molar-refractivity contribution < 1.29 is 17.6 Å². The second kappa shape index (κ2) is 6.94. The van der Waals surface area contributed by atoms with E-state index in [0.717, 1.165) is 12.1 Å². The summed E-state index contributed by atoms with van der Waals surface area (Å²) in [4.78, 5) is 13.0. The highest BCUT2D eigenvalue weighted by atomic mass is 35.7. The van der Waals surface area contributed by atoms with Crippen LogP contribution in [0, 0.1) is 11.7 Å². The van der Waals surface area contributed by atoms with Gasteiger partial charge in [0.1, 0.15) is 4.90 Å². The molecule has 118 valence electrons. The molecule has 0 aliphatic rings. The number of rotatable bonds is 5. The Bertz CT molecular complexity index is 647. The highest BCUT2D eigenvalue weighted by molar-refractivity contribution is 8.13. The first-order valence-corrected chi connectivity index (χ1v) is 8.99. The molecule has 0 fully saturated rings. The zero-order valence-electron chi connectivity index (χ0n) is 11.9. The van der Waals surface area contributed by atoms with Crippen molar-refractivity contribution in [2.75, 3.05) is 13.1 Å². The average molecular weight is 356 g/mol. The molecular weight excluding hydrogens is 340 g/mol. The van der Waals surface area contributed by atoms with Crippen molar-refractivity contribution in [2.45, 2.75) is 25.7 Å². The van der Waals surface area contributed by atoms with E-state index in [1.807, 2.05) is 13.8 Å². The first-order chi connectivity index (χ1) is 9.57. The Labute approximate surface area is 133 Å². The Morgan fingerprint density at radius 2 is 1.95 bits per heavy atom. The van der Waals surface area contributed by atoms with E-state index in [-0.39, 0.29) is 10.9 Å². The summed E-state index contributed by atoms with van der Waals surface area (Å²) in [5, 5.41) is -0.0698. The molecule has 1 aromatic carbocycles. The molecule has 4 nitrogen and oxygen atoms in total. The minimum atomic E-state index is -4.33. The fourth-order valence-electron chi connectivity index (χ4n) is 1.86. The standard InChI is InChI=1S/C13H16Cl2FNO3S/c1-4-17(7-8(2)3)13(18)10-5-9(14)6-11(12(10)16)21(15,19)20/h5-6,8H,4,7H2,1-3H3. The Morgan fingerprint density at radius 1 is 1.38 bits per heavy atom. The largest absolute Gasteiger partial charge is 0.339 e. The lowest BCUT2D eigenvalue weighted by Crippen LogP contribution is -2.34. The molecule has 1 aromatic rings. The molecule has 0 atom stereocenters. The zero-order valence-corrected chi connectivity index (χ0v) is 14.2. The number of benzene rings is 1. The highest BCUT2D eigenvalue weighted by Crippen LogP contribution is 2.27. The van der Waals surface area contributed by atoms with Crippen molar-refractivity contribution in [2.24, 2.45) is 5.92 Å². The van der Waals surface area contributed by atoms with Gasteiger partial charge in [0.05, 0.1) is 5.56 Å². The maximum atomic E-state index is 14.3. The van der Waals surface area contributed by atoms with Crippen LogP contribution < -0.4 is 0 Å². The zero-order chi connectivity index (χ0) is 16.4. The summed E-state index contributed by atoms with van der Waals surface area (Å²) in [6.07, 6.45) is 0. The fraction of sp³-hybridized carbons (Fsp3) is 0.462. The van der Waals surface area contributed by atoms with E-state index in [1.54, 1.807) is 6.92 Å². The normalized spacial score (nSPS) is 11.8. The van der Waals surface area contributed by atoms with E-state index < -0.39 is 31.2 Å². The van der Waals surface area contributed by atoms with Crippen LogP contribution in [0.1, 0.15) is 31.1 Å². The van der Waals surface area contributed by atoms with Gasteiger partial charge in [-0.15, -0.1) is 0 Å². The molecule has 0 aliphatic carbocycles. The van der Waals surface area contributed by atoms with Gasteiger partial charge < -0.3 is 4.90 Å². The van der Waals surface area contributed by atoms with Gasteiger partial charge in [-0.2, -0.15) is 0 Å². The number of hydrogen-bond acceptors (Lipinski definition) is 3. The van der Waals surface area contributed by atoms with Crippen LogP contribution in [0.2, 0.25) is 5.02 Å². The molecule has 0 saturated heterocycles. The first-order valence-electron chi connectivity index (χ1n) is 6.30. The molecule has 0 heterocycles. The van der Waals surface area contributed by atoms with Crippen molar-refractivity contribution in [3.8, 4) is 0 Å². The van der Waals surface area contributed by atoms with Crippen molar-refractivity contribution in [1.29, 1.82) is 0 Å². The molecule has 21 heavy (non-hydrogen) atoms. The van der Waals surface area contributed by atoms with E-state index >= 15 is 0 Å². The molecule has 0 unspecified atom stereocenters. The van der Waals surface area contributed by atoms with Crippen LogP contribution in [0.15, 0.2) is 17.0 Å². The predicted molar refractivity (Wildman–Crippen MR) is 80.9 cm³/mol. The van der Waals surface area contributed by atoms with E-state index in [2.05, 4.69) is 0 Å². The Hall–Kier alpha value is -0.850. The summed E-state index contributed by atoms with van der Waals surface area (Å²) in [6.45, 7) is 6.37.